The van der Waals surface area contributed by atoms with Crippen LogP contribution in [0.25, 0.3) is 0 Å². The van der Waals surface area contributed by atoms with Gasteiger partial charge in [0.2, 0.25) is 5.91 Å². The van der Waals surface area contributed by atoms with E-state index in [0.29, 0.717) is 28.3 Å². The second-order valence-electron chi connectivity index (χ2n) is 6.93. The van der Waals surface area contributed by atoms with E-state index in [-0.39, 0.29) is 19.1 Å². The maximum Gasteiger partial charge on any atom is 0.411 e. The van der Waals surface area contributed by atoms with Crippen molar-refractivity contribution in [1.82, 2.24) is 10.6 Å². The van der Waals surface area contributed by atoms with Crippen LogP contribution < -0.4 is 10.6 Å². The van der Waals surface area contributed by atoms with Crippen molar-refractivity contribution in [3.63, 3.8) is 0 Å². The summed E-state index contributed by atoms with van der Waals surface area (Å²) in [6.45, 7) is -1.25. The summed E-state index contributed by atoms with van der Waals surface area (Å²) in [6, 6.07) is 12.5. The highest BCUT2D eigenvalue weighted by Crippen LogP contribution is 2.17. The SMILES string of the molecule is CSCCC(NC(=O)c1ccccc1Cl)C(=O)NCc1ccc(COCC(F)(F)F)cc1. The van der Waals surface area contributed by atoms with Crippen molar-refractivity contribution in [3.8, 4) is 0 Å². The zero-order valence-corrected chi connectivity index (χ0v) is 18.9. The van der Waals surface area contributed by atoms with Crippen LogP contribution in [-0.2, 0) is 22.7 Å². The molecule has 0 radical (unpaired) electrons. The van der Waals surface area contributed by atoms with Crippen LogP contribution in [0.3, 0.4) is 0 Å². The smallest absolute Gasteiger partial charge is 0.367 e. The number of halogens is 4. The Morgan fingerprint density at radius 1 is 1.09 bits per heavy atom. The van der Waals surface area contributed by atoms with Crippen molar-refractivity contribution < 1.29 is 27.5 Å². The number of carbonyl (C=O) groups excluding carboxylic acids is 2. The van der Waals surface area contributed by atoms with Crippen LogP contribution in [0.15, 0.2) is 48.5 Å². The number of benzene rings is 2. The standard InChI is InChI=1S/C22H24ClF3N2O3S/c1-32-11-10-19(28-20(29)17-4-2-3-5-18(17)23)21(30)27-12-15-6-8-16(9-7-15)13-31-14-22(24,25)26/h2-9,19H,10-14H2,1H3,(H,27,30)(H,28,29). The first-order valence-electron chi connectivity index (χ1n) is 9.74. The minimum absolute atomic E-state index is 0.156. The van der Waals surface area contributed by atoms with E-state index in [1.54, 1.807) is 60.3 Å². The Balaban J connectivity index is 1.91. The predicted molar refractivity (Wildman–Crippen MR) is 120 cm³/mol. The molecular formula is C22H24ClF3N2O3S. The van der Waals surface area contributed by atoms with Gasteiger partial charge in [-0.05, 0) is 41.7 Å². The molecule has 0 saturated carbocycles. The minimum atomic E-state index is -4.36. The molecular weight excluding hydrogens is 465 g/mol. The van der Waals surface area contributed by atoms with Crippen LogP contribution in [0, 0.1) is 0 Å². The molecule has 0 aromatic heterocycles. The second-order valence-corrected chi connectivity index (χ2v) is 8.32. The molecule has 0 fully saturated rings. The molecule has 0 saturated heterocycles. The number of rotatable bonds is 11. The van der Waals surface area contributed by atoms with Crippen molar-refractivity contribution in [3.05, 3.63) is 70.2 Å². The van der Waals surface area contributed by atoms with Gasteiger partial charge in [-0.15, -0.1) is 0 Å². The van der Waals surface area contributed by atoms with Gasteiger partial charge in [0.15, 0.2) is 0 Å². The van der Waals surface area contributed by atoms with Gasteiger partial charge < -0.3 is 15.4 Å². The normalized spacial score (nSPS) is 12.3. The Morgan fingerprint density at radius 3 is 2.38 bits per heavy atom. The Kier molecular flexibility index (Phi) is 10.3. The highest BCUT2D eigenvalue weighted by molar-refractivity contribution is 7.98. The van der Waals surface area contributed by atoms with Crippen LogP contribution in [-0.4, -0.2) is 42.6 Å². The van der Waals surface area contributed by atoms with Crippen molar-refractivity contribution in [2.45, 2.75) is 31.8 Å². The molecule has 32 heavy (non-hydrogen) atoms. The molecule has 0 heterocycles. The Hall–Kier alpha value is -2.23. The lowest BCUT2D eigenvalue weighted by molar-refractivity contribution is -0.176. The zero-order chi connectivity index (χ0) is 23.6. The van der Waals surface area contributed by atoms with Gasteiger partial charge in [-0.1, -0.05) is 48.0 Å². The average Bonchev–Trinajstić information content (AvgIpc) is 2.75. The molecule has 1 unspecified atom stereocenters. The Labute approximate surface area is 194 Å². The molecule has 10 heteroatoms. The van der Waals surface area contributed by atoms with Crippen LogP contribution in [0.4, 0.5) is 13.2 Å². The minimum Gasteiger partial charge on any atom is -0.367 e. The summed E-state index contributed by atoms with van der Waals surface area (Å²) >= 11 is 7.62. The van der Waals surface area contributed by atoms with Gasteiger partial charge in [-0.3, -0.25) is 9.59 Å². The largest absolute Gasteiger partial charge is 0.411 e. The number of carbonyl (C=O) groups is 2. The number of ether oxygens (including phenoxy) is 1. The quantitative estimate of drug-likeness (QED) is 0.485. The molecule has 0 bridgehead atoms. The monoisotopic (exact) mass is 488 g/mol. The molecule has 0 spiro atoms. The Bertz CT molecular complexity index is 895. The summed E-state index contributed by atoms with van der Waals surface area (Å²) in [5.74, 6) is -0.0925. The van der Waals surface area contributed by atoms with Crippen molar-refractivity contribution >= 4 is 35.2 Å². The fourth-order valence-corrected chi connectivity index (χ4v) is 3.43. The predicted octanol–water partition coefficient (Wildman–Crippen LogP) is 4.59. The summed E-state index contributed by atoms with van der Waals surface area (Å²) < 4.78 is 41.0. The zero-order valence-electron chi connectivity index (χ0n) is 17.4. The first-order valence-corrected chi connectivity index (χ1v) is 11.5. The van der Waals surface area contributed by atoms with E-state index >= 15 is 0 Å². The van der Waals surface area contributed by atoms with E-state index in [4.69, 9.17) is 11.6 Å². The van der Waals surface area contributed by atoms with E-state index in [2.05, 4.69) is 15.4 Å². The molecule has 1 atom stereocenters. The maximum absolute atomic E-state index is 12.7. The van der Waals surface area contributed by atoms with Gasteiger partial charge in [0, 0.05) is 6.54 Å². The lowest BCUT2D eigenvalue weighted by Crippen LogP contribution is -2.47. The molecule has 0 aliphatic heterocycles. The fraction of sp³-hybridized carbons (Fsp3) is 0.364. The first-order chi connectivity index (χ1) is 15.2. The number of alkyl halides is 3. The van der Waals surface area contributed by atoms with Gasteiger partial charge in [0.25, 0.3) is 5.91 Å². The highest BCUT2D eigenvalue weighted by Gasteiger charge is 2.27. The summed E-state index contributed by atoms with van der Waals surface area (Å²) in [7, 11) is 0. The first kappa shape index (κ1) is 26.0. The van der Waals surface area contributed by atoms with Crippen molar-refractivity contribution in [2.75, 3.05) is 18.6 Å². The van der Waals surface area contributed by atoms with Gasteiger partial charge in [0.1, 0.15) is 12.6 Å². The average molecular weight is 489 g/mol. The maximum atomic E-state index is 12.7. The molecule has 0 aliphatic carbocycles. The molecule has 2 amide bonds. The fourth-order valence-electron chi connectivity index (χ4n) is 2.74. The van der Waals surface area contributed by atoms with Crippen LogP contribution >= 0.6 is 23.4 Å². The molecule has 5 nitrogen and oxygen atoms in total. The number of hydrogen-bond acceptors (Lipinski definition) is 4. The number of hydrogen-bond donors (Lipinski definition) is 2. The number of nitrogens with one attached hydrogen (secondary N) is 2. The molecule has 0 aliphatic rings. The number of amides is 2. The van der Waals surface area contributed by atoms with E-state index in [0.717, 1.165) is 5.56 Å². The molecule has 2 rings (SSSR count). The Morgan fingerprint density at radius 2 is 1.75 bits per heavy atom. The van der Waals surface area contributed by atoms with Gasteiger partial charge in [-0.2, -0.15) is 24.9 Å². The van der Waals surface area contributed by atoms with E-state index < -0.39 is 24.7 Å². The third kappa shape index (κ3) is 9.10. The third-order valence-corrected chi connectivity index (χ3v) is 5.35. The van der Waals surface area contributed by atoms with Gasteiger partial charge in [0.05, 0.1) is 17.2 Å². The van der Waals surface area contributed by atoms with Gasteiger partial charge in [-0.25, -0.2) is 0 Å². The van der Waals surface area contributed by atoms with E-state index in [9.17, 15) is 22.8 Å². The van der Waals surface area contributed by atoms with Crippen molar-refractivity contribution in [1.29, 1.82) is 0 Å². The molecule has 2 N–H and O–H groups in total. The molecule has 2 aromatic carbocycles. The van der Waals surface area contributed by atoms with Crippen LogP contribution in [0.2, 0.25) is 5.02 Å². The van der Waals surface area contributed by atoms with Gasteiger partial charge >= 0.3 is 6.18 Å². The van der Waals surface area contributed by atoms with E-state index in [1.807, 2.05) is 6.26 Å². The number of thioether (sulfide) groups is 1. The molecule has 2 aromatic rings. The molecule has 174 valence electrons. The third-order valence-electron chi connectivity index (χ3n) is 4.38. The summed E-state index contributed by atoms with van der Waals surface area (Å²) in [4.78, 5) is 25.2. The highest BCUT2D eigenvalue weighted by atomic mass is 35.5. The lowest BCUT2D eigenvalue weighted by Gasteiger charge is -2.19. The van der Waals surface area contributed by atoms with Crippen LogP contribution in [0.5, 0.6) is 0 Å². The summed E-state index contributed by atoms with van der Waals surface area (Å²) in [5.41, 5.74) is 1.65. The second kappa shape index (κ2) is 12.7. The van der Waals surface area contributed by atoms with Crippen molar-refractivity contribution in [2.24, 2.45) is 0 Å². The summed E-state index contributed by atoms with van der Waals surface area (Å²) in [5, 5.41) is 5.82. The summed E-state index contributed by atoms with van der Waals surface area (Å²) in [6.07, 6.45) is -2.01. The lowest BCUT2D eigenvalue weighted by atomic mass is 10.1. The topological polar surface area (TPSA) is 67.4 Å². The van der Waals surface area contributed by atoms with Crippen LogP contribution in [0.1, 0.15) is 27.9 Å². The van der Waals surface area contributed by atoms with E-state index in [1.165, 1.54) is 0 Å².